The molecule has 168 valence electrons. The fraction of sp³-hybridized carbons (Fsp3) is 0.478. The average molecular weight is 487 g/mol. The molecule has 4 aromatic heterocycles. The van der Waals surface area contributed by atoms with Crippen molar-refractivity contribution >= 4 is 49.6 Å². The van der Waals surface area contributed by atoms with Gasteiger partial charge in [0.05, 0.1) is 11.1 Å². The Balaban J connectivity index is 1.54. The van der Waals surface area contributed by atoms with Crippen LogP contribution in [0.25, 0.3) is 15.2 Å². The highest BCUT2D eigenvalue weighted by Gasteiger charge is 2.22. The molecule has 0 amide bonds. The van der Waals surface area contributed by atoms with Crippen LogP contribution in [0.3, 0.4) is 0 Å². The summed E-state index contributed by atoms with van der Waals surface area (Å²) in [4.78, 5) is 38.6. The molecule has 0 saturated heterocycles. The van der Waals surface area contributed by atoms with Gasteiger partial charge in [0, 0.05) is 34.3 Å². The zero-order valence-electron chi connectivity index (χ0n) is 18.5. The Bertz CT molecular complexity index is 1430. The smallest absolute Gasteiger partial charge is 0.263 e. The highest BCUT2D eigenvalue weighted by Crippen LogP contribution is 2.35. The molecule has 4 aromatic rings. The number of thiophene rings is 1. The van der Waals surface area contributed by atoms with Crippen LogP contribution in [-0.2, 0) is 25.1 Å². The third-order valence-corrected chi connectivity index (χ3v) is 9.09. The summed E-state index contributed by atoms with van der Waals surface area (Å²) in [6.45, 7) is 6.91. The Hall–Kier alpha value is -1.97. The number of aryl methyl sites for hydroxylation is 3. The van der Waals surface area contributed by atoms with E-state index in [-0.39, 0.29) is 11.1 Å². The summed E-state index contributed by atoms with van der Waals surface area (Å²) >= 11 is 4.66. The monoisotopic (exact) mass is 486 g/mol. The topological polar surface area (TPSA) is 69.3 Å². The van der Waals surface area contributed by atoms with Crippen molar-refractivity contribution in [3.8, 4) is 0 Å². The first-order chi connectivity index (χ1) is 15.4. The summed E-state index contributed by atoms with van der Waals surface area (Å²) in [6, 6.07) is 1.60. The summed E-state index contributed by atoms with van der Waals surface area (Å²) in [5.74, 6) is 1.01. The van der Waals surface area contributed by atoms with Crippen molar-refractivity contribution in [2.24, 2.45) is 5.92 Å². The predicted molar refractivity (Wildman–Crippen MR) is 134 cm³/mol. The van der Waals surface area contributed by atoms with Crippen molar-refractivity contribution in [2.75, 3.05) is 0 Å². The first kappa shape index (κ1) is 21.9. The maximum atomic E-state index is 13.6. The molecule has 9 heteroatoms. The quantitative estimate of drug-likeness (QED) is 0.282. The van der Waals surface area contributed by atoms with Gasteiger partial charge in [-0.25, -0.2) is 9.97 Å². The van der Waals surface area contributed by atoms with Crippen molar-refractivity contribution in [3.05, 3.63) is 54.0 Å². The predicted octanol–water partition coefficient (Wildman–Crippen LogP) is 5.05. The van der Waals surface area contributed by atoms with E-state index in [1.165, 1.54) is 40.0 Å². The number of hydrogen-bond donors (Lipinski definition) is 0. The summed E-state index contributed by atoms with van der Waals surface area (Å²) in [7, 11) is 0. The van der Waals surface area contributed by atoms with Crippen LogP contribution in [0.4, 0.5) is 0 Å². The summed E-state index contributed by atoms with van der Waals surface area (Å²) in [5.41, 5.74) is 2.89. The Kier molecular flexibility index (Phi) is 5.98. The molecule has 0 atom stereocenters. The normalized spacial score (nSPS) is 14.0. The lowest BCUT2D eigenvalue weighted by Gasteiger charge is -2.14. The summed E-state index contributed by atoms with van der Waals surface area (Å²) in [5, 5.41) is 3.51. The maximum absolute atomic E-state index is 13.6. The van der Waals surface area contributed by atoms with E-state index in [0.29, 0.717) is 23.2 Å². The molecule has 0 spiro atoms. The van der Waals surface area contributed by atoms with Crippen molar-refractivity contribution in [1.82, 2.24) is 18.9 Å². The maximum Gasteiger partial charge on any atom is 0.263 e. The summed E-state index contributed by atoms with van der Waals surface area (Å²) in [6.07, 6.45) is 5.30. The molecule has 1 aliphatic rings. The van der Waals surface area contributed by atoms with Gasteiger partial charge in [0.2, 0.25) is 0 Å². The van der Waals surface area contributed by atoms with Crippen LogP contribution in [0.1, 0.15) is 54.9 Å². The fourth-order valence-electron chi connectivity index (χ4n) is 4.23. The van der Waals surface area contributed by atoms with E-state index in [1.807, 2.05) is 16.9 Å². The lowest BCUT2D eigenvalue weighted by Crippen LogP contribution is -2.24. The van der Waals surface area contributed by atoms with E-state index in [9.17, 15) is 9.59 Å². The minimum absolute atomic E-state index is 0.0594. The van der Waals surface area contributed by atoms with Crippen molar-refractivity contribution in [2.45, 2.75) is 70.3 Å². The highest BCUT2D eigenvalue weighted by atomic mass is 32.2. The van der Waals surface area contributed by atoms with Crippen molar-refractivity contribution in [3.63, 3.8) is 0 Å². The molecule has 0 saturated carbocycles. The molecule has 1 aliphatic carbocycles. The van der Waals surface area contributed by atoms with E-state index in [4.69, 9.17) is 4.98 Å². The summed E-state index contributed by atoms with van der Waals surface area (Å²) < 4.78 is 3.49. The Morgan fingerprint density at radius 3 is 2.81 bits per heavy atom. The second kappa shape index (κ2) is 8.76. The fourth-order valence-corrected chi connectivity index (χ4v) is 7.34. The zero-order valence-corrected chi connectivity index (χ0v) is 21.0. The highest BCUT2D eigenvalue weighted by molar-refractivity contribution is 7.98. The average Bonchev–Trinajstić information content (AvgIpc) is 3.32. The van der Waals surface area contributed by atoms with Gasteiger partial charge in [0.15, 0.2) is 10.1 Å². The van der Waals surface area contributed by atoms with E-state index in [0.717, 1.165) is 52.4 Å². The second-order valence-corrected chi connectivity index (χ2v) is 11.7. The zero-order chi connectivity index (χ0) is 22.4. The van der Waals surface area contributed by atoms with Gasteiger partial charge >= 0.3 is 0 Å². The first-order valence-electron chi connectivity index (χ1n) is 11.1. The van der Waals surface area contributed by atoms with E-state index < -0.39 is 0 Å². The standard InChI is InChI=1S/C23H26N4O2S3/c1-13(2)8-9-26-21(29)19-16-6-4-5-7-17(16)32-20(19)25-22(26)31-12-15-10-18(28)27-14(3)11-30-23(27)24-15/h10-11,13H,4-9,12H2,1-3H3. The number of thiazole rings is 1. The molecule has 4 heterocycles. The van der Waals surface area contributed by atoms with Crippen LogP contribution in [-0.4, -0.2) is 18.9 Å². The van der Waals surface area contributed by atoms with Crippen molar-refractivity contribution < 1.29 is 0 Å². The minimum Gasteiger partial charge on any atom is -0.287 e. The van der Waals surface area contributed by atoms with Crippen LogP contribution in [0.5, 0.6) is 0 Å². The van der Waals surface area contributed by atoms with Gasteiger partial charge in [0.25, 0.3) is 11.1 Å². The molecule has 0 N–H and O–H groups in total. The Labute approximate surface area is 198 Å². The number of fused-ring (bicyclic) bond motifs is 4. The van der Waals surface area contributed by atoms with Gasteiger partial charge < -0.3 is 0 Å². The van der Waals surface area contributed by atoms with Gasteiger partial charge in [0.1, 0.15) is 4.83 Å². The molecule has 0 unspecified atom stereocenters. The van der Waals surface area contributed by atoms with Gasteiger partial charge in [-0.1, -0.05) is 25.6 Å². The van der Waals surface area contributed by atoms with Gasteiger partial charge in [-0.2, -0.15) is 0 Å². The molecule has 0 aliphatic heterocycles. The van der Waals surface area contributed by atoms with Gasteiger partial charge in [-0.15, -0.1) is 22.7 Å². The van der Waals surface area contributed by atoms with Gasteiger partial charge in [-0.05, 0) is 50.5 Å². The van der Waals surface area contributed by atoms with Gasteiger partial charge in [-0.3, -0.25) is 18.6 Å². The molecule has 6 nitrogen and oxygen atoms in total. The number of aromatic nitrogens is 4. The van der Waals surface area contributed by atoms with Crippen molar-refractivity contribution in [1.29, 1.82) is 0 Å². The lowest BCUT2D eigenvalue weighted by atomic mass is 9.97. The molecule has 0 bridgehead atoms. The Morgan fingerprint density at radius 2 is 2.00 bits per heavy atom. The molecular formula is C23H26N4O2S3. The molecule has 5 rings (SSSR count). The lowest BCUT2D eigenvalue weighted by molar-refractivity contribution is 0.481. The molecule has 0 fully saturated rings. The van der Waals surface area contributed by atoms with Crippen LogP contribution in [0, 0.1) is 12.8 Å². The third kappa shape index (κ3) is 3.95. The number of rotatable bonds is 6. The SMILES string of the molecule is Cc1csc2nc(CSc3nc4sc5c(c4c(=O)n3CCC(C)C)CCCC5)cc(=O)n12. The number of hydrogen-bond acceptors (Lipinski definition) is 7. The second-order valence-electron chi connectivity index (χ2n) is 8.79. The number of thioether (sulfide) groups is 1. The largest absolute Gasteiger partial charge is 0.287 e. The van der Waals surface area contributed by atoms with Crippen LogP contribution < -0.4 is 11.1 Å². The number of nitrogens with zero attached hydrogens (tertiary/aromatic N) is 4. The first-order valence-corrected chi connectivity index (χ1v) is 13.7. The van der Waals surface area contributed by atoms with E-state index >= 15 is 0 Å². The Morgan fingerprint density at radius 1 is 1.19 bits per heavy atom. The van der Waals surface area contributed by atoms with E-state index in [1.54, 1.807) is 21.8 Å². The molecule has 0 radical (unpaired) electrons. The molecule has 0 aromatic carbocycles. The molecule has 32 heavy (non-hydrogen) atoms. The third-order valence-electron chi connectivity index (χ3n) is 5.95. The van der Waals surface area contributed by atoms with Crippen LogP contribution >= 0.6 is 34.4 Å². The van der Waals surface area contributed by atoms with Crippen LogP contribution in [0.15, 0.2) is 26.2 Å². The minimum atomic E-state index is -0.0594. The van der Waals surface area contributed by atoms with E-state index in [2.05, 4.69) is 18.8 Å². The molecular weight excluding hydrogens is 460 g/mol. The van der Waals surface area contributed by atoms with Crippen LogP contribution in [0.2, 0.25) is 0 Å².